The van der Waals surface area contributed by atoms with Crippen LogP contribution in [0.3, 0.4) is 0 Å². The van der Waals surface area contributed by atoms with Gasteiger partial charge in [0.1, 0.15) is 0 Å². The second-order valence-electron chi connectivity index (χ2n) is 2.97. The maximum Gasteiger partial charge on any atom is 0.211 e. The summed E-state index contributed by atoms with van der Waals surface area (Å²) in [6.07, 6.45) is 0. The van der Waals surface area contributed by atoms with Crippen molar-refractivity contribution in [1.82, 2.24) is 4.72 Å². The molecule has 0 amide bonds. The van der Waals surface area contributed by atoms with Gasteiger partial charge >= 0.3 is 0 Å². The summed E-state index contributed by atoms with van der Waals surface area (Å²) in [6.45, 7) is 5.11. The number of hydrogen-bond acceptors (Lipinski definition) is 3. The lowest BCUT2D eigenvalue weighted by Gasteiger charge is -2.18. The lowest BCUT2D eigenvalue weighted by Crippen LogP contribution is -2.39. The number of aliphatic hydroxyl groups excluding tert-OH is 1. The molecule has 0 spiro atoms. The van der Waals surface area contributed by atoms with Crippen LogP contribution >= 0.6 is 0 Å². The van der Waals surface area contributed by atoms with E-state index in [0.29, 0.717) is 0 Å². The summed E-state index contributed by atoms with van der Waals surface area (Å²) >= 11 is 0. The predicted octanol–water partition coefficient (Wildman–Crippen LogP) is -0.0574. The van der Waals surface area contributed by atoms with Gasteiger partial charge in [0.25, 0.3) is 0 Å². The Morgan fingerprint density at radius 1 is 1.42 bits per heavy atom. The number of rotatable bonds is 5. The molecule has 0 heterocycles. The molecule has 0 bridgehead atoms. The first kappa shape index (κ1) is 11.9. The lowest BCUT2D eigenvalue weighted by atomic mass is 10.1. The first-order valence-corrected chi connectivity index (χ1v) is 5.69. The maximum atomic E-state index is 11.0. The van der Waals surface area contributed by atoms with Gasteiger partial charge in [-0.1, -0.05) is 6.92 Å². The van der Waals surface area contributed by atoms with Gasteiger partial charge in [-0.2, -0.15) is 0 Å². The zero-order valence-corrected chi connectivity index (χ0v) is 8.56. The van der Waals surface area contributed by atoms with Crippen LogP contribution in [0.4, 0.5) is 0 Å². The Balaban J connectivity index is 4.09. The fraction of sp³-hybridized carbons (Fsp3) is 1.00. The fourth-order valence-electron chi connectivity index (χ4n) is 0.641. The van der Waals surface area contributed by atoms with Crippen LogP contribution in [0.2, 0.25) is 0 Å². The fourth-order valence-corrected chi connectivity index (χ4v) is 1.61. The Labute approximate surface area is 74.0 Å². The van der Waals surface area contributed by atoms with Crippen molar-refractivity contribution < 1.29 is 13.5 Å². The molecule has 0 fully saturated rings. The predicted molar refractivity (Wildman–Crippen MR) is 48.3 cm³/mol. The van der Waals surface area contributed by atoms with Crippen molar-refractivity contribution in [2.45, 2.75) is 26.8 Å². The van der Waals surface area contributed by atoms with Crippen molar-refractivity contribution in [3.63, 3.8) is 0 Å². The van der Waals surface area contributed by atoms with Crippen molar-refractivity contribution in [3.8, 4) is 0 Å². The van der Waals surface area contributed by atoms with Gasteiger partial charge in [0.05, 0.1) is 5.75 Å². The average molecular weight is 195 g/mol. The second-order valence-corrected chi connectivity index (χ2v) is 5.01. The number of nitrogens with one attached hydrogen (secondary N) is 1. The maximum absolute atomic E-state index is 11.0. The van der Waals surface area contributed by atoms with Crippen molar-refractivity contribution in [1.29, 1.82) is 0 Å². The standard InChI is InChI=1S/C7H17NO3S/c1-4-12(10,11)8-7(3)6(2)5-9/h6-9H,4-5H2,1-3H3. The van der Waals surface area contributed by atoms with Gasteiger partial charge in [-0.05, 0) is 19.8 Å². The van der Waals surface area contributed by atoms with Crippen LogP contribution < -0.4 is 4.72 Å². The van der Waals surface area contributed by atoms with E-state index in [4.69, 9.17) is 5.11 Å². The molecule has 0 rings (SSSR count). The molecular formula is C7H17NO3S. The van der Waals surface area contributed by atoms with Gasteiger partial charge in [0.2, 0.25) is 10.0 Å². The molecule has 0 radical (unpaired) electrons. The van der Waals surface area contributed by atoms with E-state index in [-0.39, 0.29) is 24.3 Å². The Morgan fingerprint density at radius 2 is 1.92 bits per heavy atom. The summed E-state index contributed by atoms with van der Waals surface area (Å²) in [4.78, 5) is 0. The van der Waals surface area contributed by atoms with Crippen LogP contribution in [0.15, 0.2) is 0 Å². The summed E-state index contributed by atoms with van der Waals surface area (Å²) in [5, 5.41) is 8.74. The largest absolute Gasteiger partial charge is 0.396 e. The quantitative estimate of drug-likeness (QED) is 0.646. The van der Waals surface area contributed by atoms with E-state index >= 15 is 0 Å². The summed E-state index contributed by atoms with van der Waals surface area (Å²) in [7, 11) is -3.13. The first-order valence-electron chi connectivity index (χ1n) is 4.03. The van der Waals surface area contributed by atoms with E-state index < -0.39 is 10.0 Å². The molecule has 0 aliphatic rings. The second kappa shape index (κ2) is 4.79. The van der Waals surface area contributed by atoms with E-state index in [0.717, 1.165) is 0 Å². The van der Waals surface area contributed by atoms with Gasteiger partial charge in [0.15, 0.2) is 0 Å². The molecule has 2 atom stereocenters. The molecule has 12 heavy (non-hydrogen) atoms. The molecule has 0 aromatic heterocycles. The minimum atomic E-state index is -3.13. The highest BCUT2D eigenvalue weighted by Crippen LogP contribution is 2.02. The van der Waals surface area contributed by atoms with Gasteiger partial charge in [-0.15, -0.1) is 0 Å². The topological polar surface area (TPSA) is 66.4 Å². The normalized spacial score (nSPS) is 17.3. The smallest absolute Gasteiger partial charge is 0.211 e. The minimum absolute atomic E-state index is 0.00655. The molecule has 74 valence electrons. The summed E-state index contributed by atoms with van der Waals surface area (Å²) < 4.78 is 24.5. The van der Waals surface area contributed by atoms with Crippen LogP contribution in [0.25, 0.3) is 0 Å². The summed E-state index contributed by atoms with van der Waals surface area (Å²) in [5.74, 6) is 0.0292. The van der Waals surface area contributed by atoms with Crippen LogP contribution in [0, 0.1) is 5.92 Å². The van der Waals surface area contributed by atoms with E-state index in [2.05, 4.69) is 4.72 Å². The molecular weight excluding hydrogens is 178 g/mol. The Kier molecular flexibility index (Phi) is 4.74. The van der Waals surface area contributed by atoms with E-state index in [9.17, 15) is 8.42 Å². The molecule has 2 N–H and O–H groups in total. The highest BCUT2D eigenvalue weighted by atomic mass is 32.2. The molecule has 0 saturated carbocycles. The Morgan fingerprint density at radius 3 is 2.25 bits per heavy atom. The molecule has 0 aromatic carbocycles. The number of sulfonamides is 1. The molecule has 0 aliphatic heterocycles. The highest BCUT2D eigenvalue weighted by Gasteiger charge is 2.16. The summed E-state index contributed by atoms with van der Waals surface area (Å²) in [5.41, 5.74) is 0. The zero-order valence-electron chi connectivity index (χ0n) is 7.74. The van der Waals surface area contributed by atoms with Gasteiger partial charge in [-0.25, -0.2) is 13.1 Å². The molecule has 4 nitrogen and oxygen atoms in total. The third-order valence-electron chi connectivity index (χ3n) is 1.89. The highest BCUT2D eigenvalue weighted by molar-refractivity contribution is 7.89. The van der Waals surface area contributed by atoms with E-state index in [1.54, 1.807) is 20.8 Å². The third kappa shape index (κ3) is 4.04. The average Bonchev–Trinajstić information content (AvgIpc) is 2.02. The molecule has 0 aliphatic carbocycles. The van der Waals surface area contributed by atoms with Gasteiger partial charge in [-0.3, -0.25) is 0 Å². The number of aliphatic hydroxyl groups is 1. The van der Waals surface area contributed by atoms with Crippen molar-refractivity contribution in [3.05, 3.63) is 0 Å². The van der Waals surface area contributed by atoms with Crippen molar-refractivity contribution in [2.24, 2.45) is 5.92 Å². The van der Waals surface area contributed by atoms with Crippen molar-refractivity contribution in [2.75, 3.05) is 12.4 Å². The first-order chi connectivity index (χ1) is 5.43. The van der Waals surface area contributed by atoms with E-state index in [1.165, 1.54) is 0 Å². The molecule has 0 aromatic rings. The lowest BCUT2D eigenvalue weighted by molar-refractivity contribution is 0.216. The van der Waals surface area contributed by atoms with E-state index in [1.807, 2.05) is 0 Å². The van der Waals surface area contributed by atoms with Crippen molar-refractivity contribution >= 4 is 10.0 Å². The minimum Gasteiger partial charge on any atom is -0.396 e. The Bertz CT molecular complexity index is 213. The molecule has 2 unspecified atom stereocenters. The SMILES string of the molecule is CCS(=O)(=O)NC(C)C(C)CO. The third-order valence-corrected chi connectivity index (χ3v) is 3.38. The van der Waals surface area contributed by atoms with Gasteiger partial charge < -0.3 is 5.11 Å². The number of hydrogen-bond donors (Lipinski definition) is 2. The van der Waals surface area contributed by atoms with Gasteiger partial charge in [0, 0.05) is 12.6 Å². The van der Waals surface area contributed by atoms with Crippen LogP contribution in [-0.4, -0.2) is 31.9 Å². The van der Waals surface area contributed by atoms with Crippen LogP contribution in [0.1, 0.15) is 20.8 Å². The molecule has 0 saturated heterocycles. The summed E-state index contributed by atoms with van der Waals surface area (Å²) in [6, 6.07) is -0.208. The molecule has 5 heteroatoms. The monoisotopic (exact) mass is 195 g/mol. The zero-order chi connectivity index (χ0) is 9.78. The van der Waals surface area contributed by atoms with Crippen LogP contribution in [-0.2, 0) is 10.0 Å². The van der Waals surface area contributed by atoms with Crippen LogP contribution in [0.5, 0.6) is 0 Å². The Hall–Kier alpha value is -0.130.